The molecular weight excluding hydrogens is 592 g/mol. The number of ketones is 1. The highest BCUT2D eigenvalue weighted by molar-refractivity contribution is 7.93. The van der Waals surface area contributed by atoms with Gasteiger partial charge in [-0.1, -0.05) is 12.1 Å². The minimum Gasteiger partial charge on any atom is -0.359 e. The molecule has 2 aromatic carbocycles. The van der Waals surface area contributed by atoms with E-state index in [0.717, 1.165) is 0 Å². The van der Waals surface area contributed by atoms with Crippen molar-refractivity contribution in [2.75, 3.05) is 20.1 Å². The summed E-state index contributed by atoms with van der Waals surface area (Å²) in [5.74, 6) is -0.108. The van der Waals surface area contributed by atoms with Crippen LogP contribution in [0.25, 0.3) is 0 Å². The SMILES string of the molecule is O=CC1=C(Nc2ccc(S(=O)(=O)Nc3ccccn3)cc2)C(=O)C=C(Nc2ccc(S(=O)(=O)Nc3ccccn3)cc2)C1. The molecule has 0 amide bonds. The molecule has 0 aliphatic heterocycles. The van der Waals surface area contributed by atoms with Crippen LogP contribution in [0.4, 0.5) is 23.0 Å². The van der Waals surface area contributed by atoms with Crippen LogP contribution in [0, 0.1) is 0 Å². The van der Waals surface area contributed by atoms with E-state index in [4.69, 9.17) is 0 Å². The second-order valence-corrected chi connectivity index (χ2v) is 12.5. The first-order chi connectivity index (χ1) is 20.6. The van der Waals surface area contributed by atoms with E-state index in [2.05, 4.69) is 30.0 Å². The summed E-state index contributed by atoms with van der Waals surface area (Å²) in [7, 11) is -7.74. The van der Waals surface area contributed by atoms with Gasteiger partial charge < -0.3 is 10.6 Å². The Bertz CT molecular complexity index is 1930. The lowest BCUT2D eigenvalue weighted by Gasteiger charge is -2.20. The van der Waals surface area contributed by atoms with Crippen molar-refractivity contribution in [3.8, 4) is 0 Å². The van der Waals surface area contributed by atoms with Crippen molar-refractivity contribution >= 4 is 55.1 Å². The molecule has 2 aromatic heterocycles. The summed E-state index contributed by atoms with van der Waals surface area (Å²) in [6, 6.07) is 21.3. The third-order valence-corrected chi connectivity index (χ3v) is 8.85. The monoisotopic (exact) mass is 616 g/mol. The molecule has 5 rings (SSSR count). The number of anilines is 4. The number of rotatable bonds is 11. The smallest absolute Gasteiger partial charge is 0.263 e. The number of benzene rings is 2. The van der Waals surface area contributed by atoms with Gasteiger partial charge in [0.15, 0.2) is 0 Å². The average molecular weight is 617 g/mol. The highest BCUT2D eigenvalue weighted by Gasteiger charge is 2.22. The van der Waals surface area contributed by atoms with Crippen molar-refractivity contribution in [3.05, 3.63) is 120 Å². The molecule has 0 bridgehead atoms. The van der Waals surface area contributed by atoms with Crippen molar-refractivity contribution < 1.29 is 26.4 Å². The van der Waals surface area contributed by atoms with E-state index in [1.54, 1.807) is 24.3 Å². The Labute approximate surface area is 247 Å². The van der Waals surface area contributed by atoms with Gasteiger partial charge in [-0.15, -0.1) is 0 Å². The van der Waals surface area contributed by atoms with E-state index < -0.39 is 25.8 Å². The quantitative estimate of drug-likeness (QED) is 0.181. The van der Waals surface area contributed by atoms with Gasteiger partial charge in [0.2, 0.25) is 5.78 Å². The number of hydrogen-bond acceptors (Lipinski definition) is 10. The summed E-state index contributed by atoms with van der Waals surface area (Å²) in [6.45, 7) is 0. The highest BCUT2D eigenvalue weighted by atomic mass is 32.2. The molecule has 12 nitrogen and oxygen atoms in total. The van der Waals surface area contributed by atoms with Crippen LogP contribution in [0.5, 0.6) is 0 Å². The summed E-state index contributed by atoms with van der Waals surface area (Å²) < 4.78 is 55.4. The predicted octanol–water partition coefficient (Wildman–Crippen LogP) is 3.91. The molecule has 4 N–H and O–H groups in total. The number of carbonyl (C=O) groups excluding carboxylic acids is 2. The first-order valence-corrected chi connectivity index (χ1v) is 15.6. The van der Waals surface area contributed by atoms with Gasteiger partial charge >= 0.3 is 0 Å². The number of nitrogens with one attached hydrogen (secondary N) is 4. The molecule has 0 saturated heterocycles. The van der Waals surface area contributed by atoms with Gasteiger partial charge in [0.25, 0.3) is 20.0 Å². The van der Waals surface area contributed by atoms with Gasteiger partial charge in [-0.3, -0.25) is 19.0 Å². The number of sulfonamides is 2. The first kappa shape index (κ1) is 29.2. The van der Waals surface area contributed by atoms with E-state index >= 15 is 0 Å². The lowest BCUT2D eigenvalue weighted by molar-refractivity contribution is -0.112. The summed E-state index contributed by atoms with van der Waals surface area (Å²) in [5.41, 5.74) is 1.59. The molecular formula is C29H24N6O6S2. The van der Waals surface area contributed by atoms with Gasteiger partial charge in [0, 0.05) is 47.5 Å². The normalized spacial score (nSPS) is 13.6. The topological polar surface area (TPSA) is 176 Å². The molecule has 1 aliphatic carbocycles. The molecule has 43 heavy (non-hydrogen) atoms. The maximum Gasteiger partial charge on any atom is 0.263 e. The van der Waals surface area contributed by atoms with E-state index in [1.807, 2.05) is 0 Å². The molecule has 0 spiro atoms. The Balaban J connectivity index is 1.24. The number of allylic oxidation sites excluding steroid dienone is 2. The summed E-state index contributed by atoms with van der Waals surface area (Å²) in [4.78, 5) is 32.8. The van der Waals surface area contributed by atoms with Gasteiger partial charge in [-0.25, -0.2) is 26.8 Å². The van der Waals surface area contributed by atoms with Crippen LogP contribution in [0.15, 0.2) is 130 Å². The minimum absolute atomic E-state index is 0.0130. The van der Waals surface area contributed by atoms with Crippen LogP contribution >= 0.6 is 0 Å². The summed E-state index contributed by atoms with van der Waals surface area (Å²) >= 11 is 0. The molecule has 0 atom stereocenters. The average Bonchev–Trinajstić information content (AvgIpc) is 2.99. The van der Waals surface area contributed by atoms with E-state index in [0.29, 0.717) is 23.4 Å². The zero-order valence-electron chi connectivity index (χ0n) is 22.3. The van der Waals surface area contributed by atoms with E-state index in [1.165, 1.54) is 79.1 Å². The molecule has 0 saturated carbocycles. The maximum absolute atomic E-state index is 13.0. The zero-order chi connectivity index (χ0) is 30.5. The van der Waals surface area contributed by atoms with Gasteiger partial charge in [0.1, 0.15) is 17.9 Å². The largest absolute Gasteiger partial charge is 0.359 e. The molecule has 4 aromatic rings. The second kappa shape index (κ2) is 12.3. The Morgan fingerprint density at radius 2 is 1.14 bits per heavy atom. The molecule has 2 heterocycles. The zero-order valence-corrected chi connectivity index (χ0v) is 23.9. The number of nitrogens with zero attached hydrogens (tertiary/aromatic N) is 2. The lowest BCUT2D eigenvalue weighted by atomic mass is 9.99. The van der Waals surface area contributed by atoms with Crippen molar-refractivity contribution in [2.45, 2.75) is 16.2 Å². The molecule has 0 radical (unpaired) electrons. The fourth-order valence-corrected chi connectivity index (χ4v) is 6.08. The second-order valence-electron chi connectivity index (χ2n) is 9.17. The summed E-state index contributed by atoms with van der Waals surface area (Å²) in [6.07, 6.45) is 4.94. The van der Waals surface area contributed by atoms with Gasteiger partial charge in [-0.2, -0.15) is 0 Å². The Morgan fingerprint density at radius 1 is 0.651 bits per heavy atom. The van der Waals surface area contributed by atoms with Crippen LogP contribution < -0.4 is 20.1 Å². The van der Waals surface area contributed by atoms with Crippen LogP contribution in [0.3, 0.4) is 0 Å². The van der Waals surface area contributed by atoms with Gasteiger partial charge in [-0.05, 0) is 72.8 Å². The van der Waals surface area contributed by atoms with Crippen molar-refractivity contribution in [2.24, 2.45) is 0 Å². The standard InChI is InChI=1S/C29H24N6O6S2/c36-19-20-17-23(32-21-7-11-24(12-8-21)42(38,39)34-27-5-1-3-15-30-27)18-26(37)29(20)33-22-9-13-25(14-10-22)43(40,41)35-28-6-2-4-16-31-28/h1-16,18-19,32-33H,17H2,(H,30,34)(H,31,35). The number of carbonyl (C=O) groups is 2. The fourth-order valence-electron chi connectivity index (χ4n) is 4.06. The number of pyridine rings is 2. The lowest BCUT2D eigenvalue weighted by Crippen LogP contribution is -2.20. The first-order valence-electron chi connectivity index (χ1n) is 12.7. The molecule has 1 aliphatic rings. The number of aldehydes is 1. The third kappa shape index (κ3) is 7.12. The van der Waals surface area contributed by atoms with Crippen LogP contribution in [-0.2, 0) is 29.6 Å². The molecule has 0 unspecified atom stereocenters. The van der Waals surface area contributed by atoms with E-state index in [-0.39, 0.29) is 39.1 Å². The van der Waals surface area contributed by atoms with Crippen molar-refractivity contribution in [1.29, 1.82) is 0 Å². The summed E-state index contributed by atoms with van der Waals surface area (Å²) in [5, 5.41) is 5.95. The van der Waals surface area contributed by atoms with Crippen LogP contribution in [0.1, 0.15) is 6.42 Å². The highest BCUT2D eigenvalue weighted by Crippen LogP contribution is 2.26. The third-order valence-electron chi connectivity index (χ3n) is 6.11. The van der Waals surface area contributed by atoms with Crippen molar-refractivity contribution in [1.82, 2.24) is 9.97 Å². The fraction of sp³-hybridized carbons (Fsp3) is 0.0345. The molecule has 0 fully saturated rings. The van der Waals surface area contributed by atoms with E-state index in [9.17, 15) is 26.4 Å². The van der Waals surface area contributed by atoms with Crippen LogP contribution in [0.2, 0.25) is 0 Å². The van der Waals surface area contributed by atoms with Crippen LogP contribution in [-0.4, -0.2) is 38.9 Å². The Kier molecular flexibility index (Phi) is 8.32. The minimum atomic E-state index is -3.88. The number of aromatic nitrogens is 2. The predicted molar refractivity (Wildman–Crippen MR) is 161 cm³/mol. The Morgan fingerprint density at radius 3 is 1.58 bits per heavy atom. The maximum atomic E-state index is 13.0. The van der Waals surface area contributed by atoms with Gasteiger partial charge in [0.05, 0.1) is 15.5 Å². The Hall–Kier alpha value is -5.34. The molecule has 14 heteroatoms. The molecule has 218 valence electrons. The number of hydrogen-bond donors (Lipinski definition) is 4. The van der Waals surface area contributed by atoms with Crippen molar-refractivity contribution in [3.63, 3.8) is 0 Å².